The summed E-state index contributed by atoms with van der Waals surface area (Å²) in [6.07, 6.45) is 6.05. The lowest BCUT2D eigenvalue weighted by Crippen LogP contribution is -2.50. The van der Waals surface area contributed by atoms with Gasteiger partial charge in [-0.15, -0.1) is 0 Å². The minimum absolute atomic E-state index is 0.419. The number of carboxylic acids is 1. The van der Waals surface area contributed by atoms with Gasteiger partial charge in [-0.2, -0.15) is 0 Å². The van der Waals surface area contributed by atoms with Gasteiger partial charge in [0.1, 0.15) is 5.54 Å². The van der Waals surface area contributed by atoms with Gasteiger partial charge in [-0.1, -0.05) is 19.3 Å². The molecule has 0 spiro atoms. The number of unbranched alkanes of at least 4 members (excludes halogenated alkanes) is 1. The fraction of sp³-hybridized carbons (Fsp3) is 0.909. The van der Waals surface area contributed by atoms with Crippen LogP contribution in [0.4, 0.5) is 0 Å². The summed E-state index contributed by atoms with van der Waals surface area (Å²) in [6.45, 7) is 0. The molecule has 0 unspecified atom stereocenters. The summed E-state index contributed by atoms with van der Waals surface area (Å²) in [4.78, 5) is 10.9. The second-order valence-electron chi connectivity index (χ2n) is 5.17. The number of carboxylic acid groups (broad SMARTS) is 1. The number of nitrogens with two attached hydrogens (primary N) is 1. The molecule has 0 aromatic rings. The van der Waals surface area contributed by atoms with Crippen molar-refractivity contribution in [1.29, 1.82) is 0 Å². The second kappa shape index (κ2) is 6.38. The van der Waals surface area contributed by atoms with Crippen LogP contribution < -0.4 is 5.73 Å². The van der Waals surface area contributed by atoms with Crippen molar-refractivity contribution in [2.45, 2.75) is 56.8 Å². The molecule has 0 aromatic heterocycles. The Kier molecular flexibility index (Phi) is 5.43. The normalized spacial score (nSPS) is 29.0. The number of hydrogen-bond acceptors (Lipinski definition) is 4. The van der Waals surface area contributed by atoms with Crippen LogP contribution in [0.25, 0.3) is 0 Å². The highest BCUT2D eigenvalue weighted by atomic mass is 16.4. The van der Waals surface area contributed by atoms with Gasteiger partial charge in [-0.3, -0.25) is 4.79 Å². The summed E-state index contributed by atoms with van der Waals surface area (Å²) in [5.41, 5.74) is 4.78. The largest absolute Gasteiger partial charge is 0.480 e. The van der Waals surface area contributed by atoms with Gasteiger partial charge >= 0.3 is 13.1 Å². The smallest absolute Gasteiger partial charge is 0.451 e. The molecule has 0 amide bonds. The minimum Gasteiger partial charge on any atom is -0.480 e. The molecule has 0 radical (unpaired) electrons. The van der Waals surface area contributed by atoms with Crippen LogP contribution in [-0.4, -0.2) is 33.8 Å². The Morgan fingerprint density at radius 3 is 2.35 bits per heavy atom. The summed E-state index contributed by atoms with van der Waals surface area (Å²) in [5.74, 6) is -0.346. The van der Waals surface area contributed by atoms with E-state index < -0.39 is 18.6 Å². The molecular weight excluding hydrogens is 221 g/mol. The molecule has 17 heavy (non-hydrogen) atoms. The van der Waals surface area contributed by atoms with Crippen molar-refractivity contribution in [2.24, 2.45) is 11.7 Å². The van der Waals surface area contributed by atoms with Crippen LogP contribution in [0.1, 0.15) is 44.9 Å². The fourth-order valence-corrected chi connectivity index (χ4v) is 2.46. The van der Waals surface area contributed by atoms with E-state index in [9.17, 15) is 4.79 Å². The predicted molar refractivity (Wildman–Crippen MR) is 65.4 cm³/mol. The van der Waals surface area contributed by atoms with Gasteiger partial charge in [0.15, 0.2) is 0 Å². The lowest BCUT2D eigenvalue weighted by molar-refractivity contribution is -0.145. The first-order valence-corrected chi connectivity index (χ1v) is 6.32. The standard InChI is InChI=1S/C11H22BNO4/c13-11(10(14)15)6-4-9(5-7-11)3-1-2-8-12(16)17/h9,16-17H,1-8,13H2,(H,14,15). The molecule has 5 nitrogen and oxygen atoms in total. The molecule has 0 bridgehead atoms. The molecule has 0 aliphatic heterocycles. The van der Waals surface area contributed by atoms with E-state index in [-0.39, 0.29) is 0 Å². The molecule has 1 fully saturated rings. The molecule has 6 heteroatoms. The van der Waals surface area contributed by atoms with Gasteiger partial charge < -0.3 is 20.9 Å². The third-order valence-corrected chi connectivity index (χ3v) is 3.75. The van der Waals surface area contributed by atoms with Crippen molar-refractivity contribution >= 4 is 13.1 Å². The highest BCUT2D eigenvalue weighted by Crippen LogP contribution is 2.33. The van der Waals surface area contributed by atoms with E-state index in [0.717, 1.165) is 32.1 Å². The third-order valence-electron chi connectivity index (χ3n) is 3.75. The van der Waals surface area contributed by atoms with Crippen molar-refractivity contribution in [3.05, 3.63) is 0 Å². The summed E-state index contributed by atoms with van der Waals surface area (Å²) in [6, 6.07) is 0. The van der Waals surface area contributed by atoms with Gasteiger partial charge in [0, 0.05) is 0 Å². The minimum atomic E-state index is -1.20. The van der Waals surface area contributed by atoms with Gasteiger partial charge in [0.2, 0.25) is 0 Å². The van der Waals surface area contributed by atoms with E-state index in [4.69, 9.17) is 20.9 Å². The summed E-state index contributed by atoms with van der Waals surface area (Å²) >= 11 is 0. The quantitative estimate of drug-likeness (QED) is 0.404. The third kappa shape index (κ3) is 4.65. The molecule has 0 aromatic carbocycles. The molecule has 1 rings (SSSR count). The monoisotopic (exact) mass is 243 g/mol. The van der Waals surface area contributed by atoms with Crippen LogP contribution in [0.15, 0.2) is 0 Å². The Morgan fingerprint density at radius 1 is 1.29 bits per heavy atom. The van der Waals surface area contributed by atoms with E-state index in [0.29, 0.717) is 25.1 Å². The lowest BCUT2D eigenvalue weighted by atomic mass is 9.75. The van der Waals surface area contributed by atoms with Gasteiger partial charge in [0.25, 0.3) is 0 Å². The molecule has 0 heterocycles. The van der Waals surface area contributed by atoms with Gasteiger partial charge in [0.05, 0.1) is 0 Å². The van der Waals surface area contributed by atoms with Crippen LogP contribution in [0.3, 0.4) is 0 Å². The Balaban J connectivity index is 2.17. The zero-order chi connectivity index (χ0) is 12.9. The summed E-state index contributed by atoms with van der Waals surface area (Å²) in [5, 5.41) is 26.4. The van der Waals surface area contributed by atoms with Crippen molar-refractivity contribution in [3.8, 4) is 0 Å². The lowest BCUT2D eigenvalue weighted by Gasteiger charge is -2.33. The number of aliphatic carboxylic acids is 1. The maximum Gasteiger partial charge on any atom is 0.451 e. The predicted octanol–water partition coefficient (Wildman–Crippen LogP) is 0.602. The van der Waals surface area contributed by atoms with E-state index in [1.807, 2.05) is 0 Å². The van der Waals surface area contributed by atoms with Crippen molar-refractivity contribution in [2.75, 3.05) is 0 Å². The molecule has 1 aliphatic carbocycles. The molecule has 0 saturated heterocycles. The SMILES string of the molecule is NC1(C(=O)O)CCC(CCCCB(O)O)CC1. The summed E-state index contributed by atoms with van der Waals surface area (Å²) in [7, 11) is -1.20. The Bertz CT molecular complexity index is 252. The van der Waals surface area contributed by atoms with Crippen LogP contribution in [-0.2, 0) is 4.79 Å². The Labute approximate surface area is 102 Å². The average molecular weight is 243 g/mol. The van der Waals surface area contributed by atoms with Crippen molar-refractivity contribution in [1.82, 2.24) is 0 Å². The van der Waals surface area contributed by atoms with Crippen LogP contribution >= 0.6 is 0 Å². The molecule has 1 saturated carbocycles. The highest BCUT2D eigenvalue weighted by Gasteiger charge is 2.37. The molecular formula is C11H22BNO4. The van der Waals surface area contributed by atoms with Crippen molar-refractivity contribution < 1.29 is 19.9 Å². The summed E-state index contributed by atoms with van der Waals surface area (Å²) < 4.78 is 0. The van der Waals surface area contributed by atoms with Gasteiger partial charge in [-0.25, -0.2) is 0 Å². The Hall–Kier alpha value is -0.585. The number of carbonyl (C=O) groups is 1. The van der Waals surface area contributed by atoms with Crippen LogP contribution in [0.5, 0.6) is 0 Å². The van der Waals surface area contributed by atoms with E-state index in [2.05, 4.69) is 0 Å². The molecule has 0 atom stereocenters. The van der Waals surface area contributed by atoms with E-state index >= 15 is 0 Å². The maximum absolute atomic E-state index is 10.9. The zero-order valence-electron chi connectivity index (χ0n) is 10.1. The molecule has 98 valence electrons. The van der Waals surface area contributed by atoms with E-state index in [1.54, 1.807) is 0 Å². The molecule has 5 N–H and O–H groups in total. The van der Waals surface area contributed by atoms with Gasteiger partial charge in [-0.05, 0) is 37.9 Å². The maximum atomic E-state index is 10.9. The Morgan fingerprint density at radius 2 is 1.88 bits per heavy atom. The average Bonchev–Trinajstić information content (AvgIpc) is 2.26. The van der Waals surface area contributed by atoms with Crippen LogP contribution in [0.2, 0.25) is 6.32 Å². The highest BCUT2D eigenvalue weighted by molar-refractivity contribution is 6.40. The topological polar surface area (TPSA) is 104 Å². The fourth-order valence-electron chi connectivity index (χ4n) is 2.46. The van der Waals surface area contributed by atoms with Crippen molar-refractivity contribution in [3.63, 3.8) is 0 Å². The molecule has 1 aliphatic rings. The first-order chi connectivity index (χ1) is 7.94. The zero-order valence-corrected chi connectivity index (χ0v) is 10.1. The second-order valence-corrected chi connectivity index (χ2v) is 5.17. The first-order valence-electron chi connectivity index (χ1n) is 6.32. The first kappa shape index (κ1) is 14.5. The van der Waals surface area contributed by atoms with Crippen LogP contribution in [0, 0.1) is 5.92 Å². The number of hydrogen-bond donors (Lipinski definition) is 4. The van der Waals surface area contributed by atoms with E-state index in [1.165, 1.54) is 0 Å². The number of rotatable bonds is 6.